The minimum Gasteiger partial charge on any atom is -0.258 e. The van der Waals surface area contributed by atoms with Gasteiger partial charge in [-0.2, -0.15) is 0 Å². The van der Waals surface area contributed by atoms with Crippen molar-refractivity contribution < 1.29 is 4.92 Å². The van der Waals surface area contributed by atoms with Crippen LogP contribution in [0, 0.1) is 10.1 Å². The van der Waals surface area contributed by atoms with Gasteiger partial charge in [-0.1, -0.05) is 27.5 Å². The second-order valence-corrected chi connectivity index (χ2v) is 5.34. The maximum atomic E-state index is 10.8. The molecule has 19 heavy (non-hydrogen) atoms. The van der Waals surface area contributed by atoms with E-state index in [9.17, 15) is 10.1 Å². The third-order valence-corrected chi connectivity index (χ3v) is 3.76. The smallest absolute Gasteiger partial charge is 0.258 e. The number of nitro benzene ring substituents is 1. The number of non-ortho nitro benzene ring substituents is 1. The van der Waals surface area contributed by atoms with Crippen molar-refractivity contribution in [2.24, 2.45) is 0 Å². The summed E-state index contributed by atoms with van der Waals surface area (Å²) < 4.78 is 0.883. The fourth-order valence-corrected chi connectivity index (χ4v) is 2.63. The van der Waals surface area contributed by atoms with Gasteiger partial charge in [-0.3, -0.25) is 10.1 Å². The first-order valence-corrected chi connectivity index (χ1v) is 6.56. The van der Waals surface area contributed by atoms with Crippen LogP contribution in [0.1, 0.15) is 0 Å². The highest BCUT2D eigenvalue weighted by Gasteiger charge is 2.12. The lowest BCUT2D eigenvalue weighted by Crippen LogP contribution is -1.90. The van der Waals surface area contributed by atoms with E-state index in [4.69, 9.17) is 11.6 Å². The Hall–Kier alpha value is -1.72. The molecule has 0 fully saturated rings. The van der Waals surface area contributed by atoms with Gasteiger partial charge in [0.05, 0.1) is 21.0 Å². The Kier molecular flexibility index (Phi) is 2.88. The first-order chi connectivity index (χ1) is 9.06. The Balaban J connectivity index is 2.44. The predicted molar refractivity (Wildman–Crippen MR) is 78.6 cm³/mol. The van der Waals surface area contributed by atoms with Crippen LogP contribution in [-0.4, -0.2) is 9.91 Å². The van der Waals surface area contributed by atoms with Crippen LogP contribution < -0.4 is 0 Å². The Bertz CT molecular complexity index is 836. The molecule has 3 aromatic rings. The van der Waals surface area contributed by atoms with Crippen molar-refractivity contribution in [1.29, 1.82) is 0 Å². The van der Waals surface area contributed by atoms with E-state index >= 15 is 0 Å². The average molecular weight is 338 g/mol. The molecular formula is C13H6BrClN2O2. The van der Waals surface area contributed by atoms with Crippen LogP contribution in [0.5, 0.6) is 0 Å². The topological polar surface area (TPSA) is 56.0 Å². The number of hydrogen-bond acceptors (Lipinski definition) is 3. The van der Waals surface area contributed by atoms with Gasteiger partial charge in [-0.05, 0) is 24.3 Å². The molecule has 0 aliphatic carbocycles. The van der Waals surface area contributed by atoms with Gasteiger partial charge in [0, 0.05) is 27.4 Å². The van der Waals surface area contributed by atoms with Crippen molar-refractivity contribution in [2.45, 2.75) is 0 Å². The van der Waals surface area contributed by atoms with Crippen LogP contribution in [-0.2, 0) is 0 Å². The molecule has 0 spiro atoms. The molecule has 3 rings (SSSR count). The van der Waals surface area contributed by atoms with Gasteiger partial charge in [-0.25, -0.2) is 4.98 Å². The summed E-state index contributed by atoms with van der Waals surface area (Å²) in [7, 11) is 0. The van der Waals surface area contributed by atoms with Gasteiger partial charge >= 0.3 is 0 Å². The van der Waals surface area contributed by atoms with Crippen molar-refractivity contribution in [3.63, 3.8) is 0 Å². The van der Waals surface area contributed by atoms with E-state index < -0.39 is 4.92 Å². The van der Waals surface area contributed by atoms with Crippen LogP contribution in [0.2, 0.25) is 5.02 Å². The monoisotopic (exact) mass is 336 g/mol. The molecular weight excluding hydrogens is 332 g/mol. The number of halogens is 2. The van der Waals surface area contributed by atoms with Crippen molar-refractivity contribution in [3.8, 4) is 0 Å². The lowest BCUT2D eigenvalue weighted by atomic mass is 10.1. The first kappa shape index (κ1) is 12.3. The molecule has 2 aromatic carbocycles. The molecule has 1 aromatic heterocycles. The molecule has 6 heteroatoms. The zero-order valence-electron chi connectivity index (χ0n) is 9.43. The zero-order valence-corrected chi connectivity index (χ0v) is 11.8. The molecule has 0 amide bonds. The lowest BCUT2D eigenvalue weighted by Gasteiger charge is -2.05. The Morgan fingerprint density at radius 2 is 1.74 bits per heavy atom. The summed E-state index contributed by atoms with van der Waals surface area (Å²) in [6.45, 7) is 0. The number of pyridine rings is 1. The van der Waals surface area contributed by atoms with Gasteiger partial charge in [0.1, 0.15) is 0 Å². The van der Waals surface area contributed by atoms with Crippen LogP contribution >= 0.6 is 27.5 Å². The van der Waals surface area contributed by atoms with Gasteiger partial charge < -0.3 is 0 Å². The van der Waals surface area contributed by atoms with E-state index in [0.29, 0.717) is 15.9 Å². The van der Waals surface area contributed by atoms with E-state index in [-0.39, 0.29) is 5.69 Å². The molecule has 0 unspecified atom stereocenters. The number of benzene rings is 2. The Labute approximate surface area is 121 Å². The summed E-state index contributed by atoms with van der Waals surface area (Å²) in [4.78, 5) is 14.8. The minimum atomic E-state index is -0.444. The van der Waals surface area contributed by atoms with Crippen molar-refractivity contribution in [3.05, 3.63) is 56.0 Å². The lowest BCUT2D eigenvalue weighted by molar-refractivity contribution is -0.384. The van der Waals surface area contributed by atoms with E-state index in [1.165, 1.54) is 12.1 Å². The fourth-order valence-electron chi connectivity index (χ4n) is 1.97. The number of hydrogen-bond donors (Lipinski definition) is 0. The number of aromatic nitrogens is 1. The standard InChI is InChI=1S/C13H6BrClN2O2/c14-7-1-3-11-9(5-7)13(15)10-6-8(17(18)19)2-4-12(10)16-11/h1-6H. The fraction of sp³-hybridized carbons (Fsp3) is 0. The highest BCUT2D eigenvalue weighted by Crippen LogP contribution is 2.33. The van der Waals surface area contributed by atoms with Gasteiger partial charge in [0.15, 0.2) is 0 Å². The number of rotatable bonds is 1. The van der Waals surface area contributed by atoms with Crippen molar-refractivity contribution in [2.75, 3.05) is 0 Å². The summed E-state index contributed by atoms with van der Waals surface area (Å²) in [5.41, 5.74) is 1.41. The molecule has 0 atom stereocenters. The molecule has 0 saturated heterocycles. The van der Waals surface area contributed by atoms with Crippen LogP contribution in [0.3, 0.4) is 0 Å². The second-order valence-electron chi connectivity index (χ2n) is 4.05. The molecule has 0 aliphatic rings. The molecule has 94 valence electrons. The van der Waals surface area contributed by atoms with Crippen LogP contribution in [0.4, 0.5) is 5.69 Å². The summed E-state index contributed by atoms with van der Waals surface area (Å²) in [6, 6.07) is 10.1. The summed E-state index contributed by atoms with van der Waals surface area (Å²) in [5.74, 6) is 0. The molecule has 0 saturated carbocycles. The normalized spacial score (nSPS) is 11.1. The minimum absolute atomic E-state index is 0.00514. The highest BCUT2D eigenvalue weighted by atomic mass is 79.9. The van der Waals surface area contributed by atoms with Crippen LogP contribution in [0.15, 0.2) is 40.9 Å². The highest BCUT2D eigenvalue weighted by molar-refractivity contribution is 9.10. The van der Waals surface area contributed by atoms with Gasteiger partial charge in [0.25, 0.3) is 5.69 Å². The average Bonchev–Trinajstić information content (AvgIpc) is 2.39. The first-order valence-electron chi connectivity index (χ1n) is 5.39. The summed E-state index contributed by atoms with van der Waals surface area (Å²) >= 11 is 9.71. The zero-order chi connectivity index (χ0) is 13.6. The van der Waals surface area contributed by atoms with E-state index in [1.807, 2.05) is 18.2 Å². The molecule has 0 bridgehead atoms. The van der Waals surface area contributed by atoms with Crippen molar-refractivity contribution in [1.82, 2.24) is 4.98 Å². The molecule has 0 N–H and O–H groups in total. The van der Waals surface area contributed by atoms with Crippen molar-refractivity contribution >= 4 is 55.0 Å². The maximum absolute atomic E-state index is 10.8. The van der Waals surface area contributed by atoms with E-state index in [1.54, 1.807) is 6.07 Å². The number of nitrogens with zero attached hydrogens (tertiary/aromatic N) is 2. The van der Waals surface area contributed by atoms with E-state index in [2.05, 4.69) is 20.9 Å². The third kappa shape index (κ3) is 2.05. The Morgan fingerprint density at radius 3 is 2.42 bits per heavy atom. The van der Waals surface area contributed by atoms with E-state index in [0.717, 1.165) is 15.4 Å². The largest absolute Gasteiger partial charge is 0.270 e. The predicted octanol–water partition coefficient (Wildman–Crippen LogP) is 4.71. The molecule has 4 nitrogen and oxygen atoms in total. The second kappa shape index (κ2) is 4.43. The maximum Gasteiger partial charge on any atom is 0.270 e. The molecule has 0 aliphatic heterocycles. The summed E-state index contributed by atoms with van der Waals surface area (Å²) in [5, 5.41) is 12.6. The number of fused-ring (bicyclic) bond motifs is 2. The van der Waals surface area contributed by atoms with Gasteiger partial charge in [-0.15, -0.1) is 0 Å². The molecule has 1 heterocycles. The summed E-state index contributed by atoms with van der Waals surface area (Å²) in [6.07, 6.45) is 0. The van der Waals surface area contributed by atoms with Gasteiger partial charge in [0.2, 0.25) is 0 Å². The SMILES string of the molecule is O=[N+]([O-])c1ccc2nc3ccc(Br)cc3c(Cl)c2c1. The number of nitro groups is 1. The molecule has 0 radical (unpaired) electrons. The quantitative estimate of drug-likeness (QED) is 0.367. The third-order valence-electron chi connectivity index (χ3n) is 2.86. The Morgan fingerprint density at radius 1 is 1.11 bits per heavy atom. The van der Waals surface area contributed by atoms with Crippen LogP contribution in [0.25, 0.3) is 21.8 Å².